The first-order valence-corrected chi connectivity index (χ1v) is 18.1. The van der Waals surface area contributed by atoms with Crippen LogP contribution < -0.4 is 18.9 Å². The normalized spacial score (nSPS) is 10.7. The van der Waals surface area contributed by atoms with Gasteiger partial charge in [0.1, 0.15) is 28.6 Å². The van der Waals surface area contributed by atoms with Crippen LogP contribution in [0.3, 0.4) is 0 Å². The molecule has 0 bridgehead atoms. The highest BCUT2D eigenvalue weighted by Crippen LogP contribution is 2.23. The van der Waals surface area contributed by atoms with Gasteiger partial charge in [0, 0.05) is 12.2 Å². The van der Waals surface area contributed by atoms with Crippen LogP contribution in [0.15, 0.2) is 127 Å². The van der Waals surface area contributed by atoms with Gasteiger partial charge in [-0.25, -0.2) is 24.0 Å². The Morgan fingerprint density at radius 3 is 1.48 bits per heavy atom. The van der Waals surface area contributed by atoms with Crippen LogP contribution in [0.25, 0.3) is 0 Å². The van der Waals surface area contributed by atoms with Crippen molar-refractivity contribution in [2.75, 3.05) is 33.5 Å². The van der Waals surface area contributed by atoms with E-state index >= 15 is 0 Å². The lowest BCUT2D eigenvalue weighted by molar-refractivity contribution is -0.138. The van der Waals surface area contributed by atoms with Crippen LogP contribution in [0, 0.1) is 0 Å². The number of ether oxygens (including phenoxy) is 7. The molecule has 0 amide bonds. The fourth-order valence-electron chi connectivity index (χ4n) is 4.76. The topological polar surface area (TPSA) is 175 Å². The predicted octanol–water partition coefficient (Wildman–Crippen LogP) is 7.14. The molecule has 0 radical (unpaired) electrons. The van der Waals surface area contributed by atoms with Crippen LogP contribution in [0.5, 0.6) is 23.0 Å². The van der Waals surface area contributed by atoms with Crippen molar-refractivity contribution >= 4 is 42.3 Å². The lowest BCUT2D eigenvalue weighted by atomic mass is 10.1. The van der Waals surface area contributed by atoms with Gasteiger partial charge in [-0.1, -0.05) is 13.2 Å². The van der Waals surface area contributed by atoms with E-state index in [0.717, 1.165) is 12.2 Å². The molecule has 0 spiro atoms. The molecule has 0 atom stereocenters. The number of carbonyl (C=O) groups is 5. The van der Waals surface area contributed by atoms with Gasteiger partial charge in [0.25, 0.3) is 0 Å². The molecule has 0 aliphatic heterocycles. The Morgan fingerprint density at radius 2 is 0.983 bits per heavy atom. The van der Waals surface area contributed by atoms with Crippen molar-refractivity contribution in [3.8, 4) is 23.0 Å². The first-order chi connectivity index (χ1) is 28.2. The second-order valence-electron chi connectivity index (χ2n) is 12.0. The molecule has 0 saturated heterocycles. The van der Waals surface area contributed by atoms with E-state index in [4.69, 9.17) is 33.2 Å². The Hall–Kier alpha value is -7.35. The summed E-state index contributed by atoms with van der Waals surface area (Å²) in [7, 11) is 1.21. The van der Waals surface area contributed by atoms with Crippen LogP contribution in [-0.2, 0) is 23.8 Å². The van der Waals surface area contributed by atoms with Gasteiger partial charge in [0.05, 0.1) is 57.1 Å². The zero-order valence-electron chi connectivity index (χ0n) is 31.8. The smallest absolute Gasteiger partial charge is 0.343 e. The zero-order valence-corrected chi connectivity index (χ0v) is 31.8. The number of benzene rings is 4. The molecule has 0 unspecified atom stereocenters. The molecule has 0 N–H and O–H groups in total. The molecule has 4 aromatic carbocycles. The van der Waals surface area contributed by atoms with Crippen molar-refractivity contribution in [1.29, 1.82) is 0 Å². The summed E-state index contributed by atoms with van der Waals surface area (Å²) < 4.78 is 37.1. The highest BCUT2D eigenvalue weighted by atomic mass is 16.6. The molecular weight excluding hydrogens is 748 g/mol. The number of nitrogens with zero attached hydrogens (tertiary/aromatic N) is 2. The lowest BCUT2D eigenvalue weighted by Gasteiger charge is -2.10. The molecular formula is C44H42N2O12. The molecule has 4 rings (SSSR count). The quantitative estimate of drug-likeness (QED) is 0.0150. The van der Waals surface area contributed by atoms with Crippen molar-refractivity contribution in [2.24, 2.45) is 10.2 Å². The second-order valence-corrected chi connectivity index (χ2v) is 12.0. The van der Waals surface area contributed by atoms with Crippen molar-refractivity contribution in [1.82, 2.24) is 0 Å². The van der Waals surface area contributed by atoms with Crippen LogP contribution in [0.2, 0.25) is 0 Å². The fourth-order valence-corrected chi connectivity index (χ4v) is 4.76. The summed E-state index contributed by atoms with van der Waals surface area (Å²) in [5.74, 6) is -1.41. The monoisotopic (exact) mass is 790 g/mol. The van der Waals surface area contributed by atoms with Gasteiger partial charge in [-0.05, 0) is 128 Å². The predicted molar refractivity (Wildman–Crippen MR) is 214 cm³/mol. The zero-order chi connectivity index (χ0) is 41.5. The maximum absolute atomic E-state index is 12.9. The van der Waals surface area contributed by atoms with Gasteiger partial charge < -0.3 is 33.2 Å². The molecule has 300 valence electrons. The molecule has 0 fully saturated rings. The Morgan fingerprint density at radius 1 is 0.534 bits per heavy atom. The van der Waals surface area contributed by atoms with Crippen LogP contribution >= 0.6 is 0 Å². The average Bonchev–Trinajstić information content (AvgIpc) is 3.25. The highest BCUT2D eigenvalue weighted by molar-refractivity contribution is 5.98. The maximum atomic E-state index is 12.9. The molecule has 0 aliphatic rings. The largest absolute Gasteiger partial charge is 0.494 e. The average molecular weight is 791 g/mol. The molecule has 14 nitrogen and oxygen atoms in total. The van der Waals surface area contributed by atoms with Gasteiger partial charge in [-0.3, -0.25) is 0 Å². The SMILES string of the molecule is C=CC(=O)OCCCCOc1ccc(C(=O)Oc2ccc(/C=N/N=C/c3ccc(OC(=O)c4ccc(OCCCCOC(=O)C=C)cc4)c(C(=O)OC)c3)cc2)cc1. The van der Waals surface area contributed by atoms with Crippen LogP contribution in [-0.4, -0.2) is 75.8 Å². The summed E-state index contributed by atoms with van der Waals surface area (Å²) in [6, 6.07) is 24.0. The third kappa shape index (κ3) is 14.7. The van der Waals surface area contributed by atoms with Crippen molar-refractivity contribution in [3.63, 3.8) is 0 Å². The summed E-state index contributed by atoms with van der Waals surface area (Å²) in [5, 5.41) is 8.10. The van der Waals surface area contributed by atoms with E-state index in [1.54, 1.807) is 66.7 Å². The number of methoxy groups -OCH3 is 1. The Kier molecular flexibility index (Phi) is 17.6. The molecule has 0 aromatic heterocycles. The van der Waals surface area contributed by atoms with Crippen LogP contribution in [0.1, 0.15) is 67.9 Å². The van der Waals surface area contributed by atoms with E-state index < -0.39 is 29.8 Å². The fraction of sp³-hybridized carbons (Fsp3) is 0.205. The molecule has 58 heavy (non-hydrogen) atoms. The molecule has 4 aromatic rings. The lowest BCUT2D eigenvalue weighted by Crippen LogP contribution is -2.13. The first kappa shape index (κ1) is 43.4. The summed E-state index contributed by atoms with van der Waals surface area (Å²) >= 11 is 0. The van der Waals surface area contributed by atoms with Gasteiger partial charge in [-0.2, -0.15) is 10.2 Å². The van der Waals surface area contributed by atoms with Gasteiger partial charge in [-0.15, -0.1) is 0 Å². The Balaban J connectivity index is 1.24. The number of unbranched alkanes of at least 4 members (excludes halogenated alkanes) is 2. The number of esters is 5. The summed E-state index contributed by atoms with van der Waals surface area (Å²) in [6.45, 7) is 8.07. The molecule has 0 heterocycles. The van der Waals surface area contributed by atoms with Gasteiger partial charge in [0.15, 0.2) is 0 Å². The number of carbonyl (C=O) groups excluding carboxylic acids is 5. The second kappa shape index (κ2) is 23.5. The standard InChI is InChI=1S/C44H42N2O12/c1-4-40(47)55-26-8-6-24-53-35-19-13-33(14-20-35)42(49)57-37-17-10-31(11-18-37)29-45-46-30-32-12-23-39(38(28-32)44(51)52-3)58-43(50)34-15-21-36(22-16-34)54-25-7-9-27-56-41(48)5-2/h4-5,10-23,28-30H,1-2,6-9,24-27H2,3H3/b45-29+,46-30+. The van der Waals surface area contributed by atoms with Gasteiger partial charge in [0.2, 0.25) is 0 Å². The highest BCUT2D eigenvalue weighted by Gasteiger charge is 2.18. The Bertz CT molecular complexity index is 2090. The molecule has 0 saturated carbocycles. The third-order valence-electron chi connectivity index (χ3n) is 7.80. The van der Waals surface area contributed by atoms with Gasteiger partial charge >= 0.3 is 29.8 Å². The number of hydrogen-bond acceptors (Lipinski definition) is 14. The van der Waals surface area contributed by atoms with E-state index in [0.29, 0.717) is 79.4 Å². The van der Waals surface area contributed by atoms with E-state index in [2.05, 4.69) is 23.4 Å². The van der Waals surface area contributed by atoms with E-state index in [-0.39, 0.29) is 23.5 Å². The van der Waals surface area contributed by atoms with Crippen molar-refractivity contribution < 1.29 is 57.1 Å². The van der Waals surface area contributed by atoms with Crippen molar-refractivity contribution in [3.05, 3.63) is 144 Å². The third-order valence-corrected chi connectivity index (χ3v) is 7.80. The Labute approximate surface area is 335 Å². The van der Waals surface area contributed by atoms with Crippen molar-refractivity contribution in [2.45, 2.75) is 25.7 Å². The maximum Gasteiger partial charge on any atom is 0.343 e. The molecule has 0 aliphatic carbocycles. The minimum Gasteiger partial charge on any atom is -0.494 e. The minimum absolute atomic E-state index is 0.00392. The minimum atomic E-state index is -0.717. The van der Waals surface area contributed by atoms with E-state index in [9.17, 15) is 24.0 Å². The first-order valence-electron chi connectivity index (χ1n) is 18.1. The summed E-state index contributed by atoms with van der Waals surface area (Å²) in [5.41, 5.74) is 1.76. The summed E-state index contributed by atoms with van der Waals surface area (Å²) in [6.07, 6.45) is 7.75. The number of hydrogen-bond donors (Lipinski definition) is 0. The number of rotatable bonds is 22. The van der Waals surface area contributed by atoms with E-state index in [1.165, 1.54) is 43.8 Å². The molecule has 14 heteroatoms. The van der Waals surface area contributed by atoms with Crippen LogP contribution in [0.4, 0.5) is 0 Å². The summed E-state index contributed by atoms with van der Waals surface area (Å²) in [4.78, 5) is 60.2. The van der Waals surface area contributed by atoms with E-state index in [1.807, 2.05) is 0 Å².